The van der Waals surface area contributed by atoms with Crippen LogP contribution >= 0.6 is 0 Å². The molecule has 0 aliphatic carbocycles. The molecule has 0 heterocycles. The molecule has 0 aliphatic heterocycles. The second-order valence-electron chi connectivity index (χ2n) is 9.35. The van der Waals surface area contributed by atoms with Crippen LogP contribution in [0.1, 0.15) is 59.3 Å². The summed E-state index contributed by atoms with van der Waals surface area (Å²) in [7, 11) is 0. The molecule has 0 aliphatic rings. The van der Waals surface area contributed by atoms with Gasteiger partial charge in [0.15, 0.2) is 0 Å². The van der Waals surface area contributed by atoms with Crippen molar-refractivity contribution in [3.8, 4) is 17.2 Å². The van der Waals surface area contributed by atoms with Crippen LogP contribution in [-0.4, -0.2) is 31.9 Å². The third-order valence-corrected chi connectivity index (χ3v) is 5.95. The lowest BCUT2D eigenvalue weighted by Crippen LogP contribution is -2.42. The number of urea groups is 2. The fourth-order valence-corrected chi connectivity index (χ4v) is 3.73. The van der Waals surface area contributed by atoms with Gasteiger partial charge in [0, 0.05) is 29.6 Å². The third kappa shape index (κ3) is 9.84. The topological polar surface area (TPSA) is 89.1 Å². The maximum absolute atomic E-state index is 13.6. The predicted octanol–water partition coefficient (Wildman–Crippen LogP) is 8.49. The van der Waals surface area contributed by atoms with Gasteiger partial charge in [-0.1, -0.05) is 58.2 Å². The van der Waals surface area contributed by atoms with Gasteiger partial charge in [0.25, 0.3) is 0 Å². The van der Waals surface area contributed by atoms with Gasteiger partial charge in [0.2, 0.25) is 0 Å². The number of amides is 4. The van der Waals surface area contributed by atoms with Gasteiger partial charge < -0.3 is 24.8 Å². The van der Waals surface area contributed by atoms with Gasteiger partial charge in [-0.05, 0) is 55.7 Å². The first-order chi connectivity index (χ1) is 19.5. The number of ether oxygens (including phenoxy) is 3. The number of anilines is 3. The minimum atomic E-state index is -0.621. The summed E-state index contributed by atoms with van der Waals surface area (Å²) in [5.74, 6) is 1.87. The van der Waals surface area contributed by atoms with Crippen LogP contribution in [0.3, 0.4) is 0 Å². The van der Waals surface area contributed by atoms with E-state index in [1.807, 2.05) is 12.1 Å². The molecule has 8 nitrogen and oxygen atoms in total. The van der Waals surface area contributed by atoms with E-state index in [0.29, 0.717) is 54.1 Å². The molecule has 0 fully saturated rings. The van der Waals surface area contributed by atoms with Crippen LogP contribution in [0, 0.1) is 0 Å². The van der Waals surface area contributed by atoms with Crippen LogP contribution in [0.4, 0.5) is 26.7 Å². The van der Waals surface area contributed by atoms with Crippen LogP contribution in [0.2, 0.25) is 0 Å². The number of hydrogen-bond acceptors (Lipinski definition) is 5. The number of hydrogen-bond donors (Lipinski definition) is 2. The lowest BCUT2D eigenvalue weighted by molar-refractivity contribution is 0.246. The van der Waals surface area contributed by atoms with Crippen molar-refractivity contribution in [1.82, 2.24) is 0 Å². The molecule has 0 spiro atoms. The fourth-order valence-electron chi connectivity index (χ4n) is 3.73. The predicted molar refractivity (Wildman–Crippen MR) is 161 cm³/mol. The molecule has 40 heavy (non-hydrogen) atoms. The number of nitrogens with one attached hydrogen (secondary N) is 2. The molecule has 0 radical (unpaired) electrons. The van der Waals surface area contributed by atoms with Crippen molar-refractivity contribution in [2.75, 3.05) is 35.4 Å². The Morgan fingerprint density at radius 1 is 0.600 bits per heavy atom. The highest BCUT2D eigenvalue weighted by Crippen LogP contribution is 2.26. The molecular weight excluding hydrogens is 506 g/mol. The van der Waals surface area contributed by atoms with Gasteiger partial charge in [-0.2, -0.15) is 0 Å². The highest BCUT2D eigenvalue weighted by molar-refractivity contribution is 6.21. The van der Waals surface area contributed by atoms with Gasteiger partial charge in [0.1, 0.15) is 17.2 Å². The zero-order valence-electron chi connectivity index (χ0n) is 23.8. The summed E-state index contributed by atoms with van der Waals surface area (Å²) in [6, 6.07) is 20.0. The Labute approximate surface area is 237 Å². The first kappa shape index (κ1) is 30.3. The molecule has 214 valence electrons. The van der Waals surface area contributed by atoms with E-state index in [-0.39, 0.29) is 0 Å². The van der Waals surface area contributed by atoms with E-state index in [1.54, 1.807) is 60.7 Å². The van der Waals surface area contributed by atoms with Crippen molar-refractivity contribution in [1.29, 1.82) is 0 Å². The quantitative estimate of drug-likeness (QED) is 0.186. The standard InChI is InChI=1S/C32H41N3O5/c1-4-7-19-38-28-16-10-13-25(22-28)33-31(36)35(27-15-12-18-30(24-27)40-21-9-6-3)32(37)34-26-14-11-17-29(23-26)39-20-8-5-2/h10-18,22-24H,4-9,19-21H2,1-3H3,(H,33,36)(H,34,37). The number of carbonyl (C=O) groups is 2. The van der Waals surface area contributed by atoms with Crippen LogP contribution in [-0.2, 0) is 0 Å². The molecule has 4 amide bonds. The van der Waals surface area contributed by atoms with E-state index in [9.17, 15) is 9.59 Å². The van der Waals surface area contributed by atoms with Gasteiger partial charge in [0.05, 0.1) is 25.5 Å². The maximum Gasteiger partial charge on any atom is 0.334 e. The minimum Gasteiger partial charge on any atom is -0.494 e. The molecule has 0 bridgehead atoms. The molecule has 0 atom stereocenters. The molecular formula is C32H41N3O5. The molecule has 3 rings (SSSR count). The number of unbranched alkanes of at least 4 members (excludes halogenated alkanes) is 3. The maximum atomic E-state index is 13.6. The summed E-state index contributed by atoms with van der Waals surface area (Å²) < 4.78 is 17.4. The van der Waals surface area contributed by atoms with Crippen molar-refractivity contribution in [2.45, 2.75) is 59.3 Å². The highest BCUT2D eigenvalue weighted by atomic mass is 16.5. The largest absolute Gasteiger partial charge is 0.494 e. The number of benzene rings is 3. The van der Waals surface area contributed by atoms with Crippen molar-refractivity contribution in [2.24, 2.45) is 0 Å². The number of imide groups is 1. The first-order valence-electron chi connectivity index (χ1n) is 14.1. The van der Waals surface area contributed by atoms with E-state index in [0.717, 1.165) is 43.4 Å². The minimum absolute atomic E-state index is 0.370. The normalized spacial score (nSPS) is 10.5. The fraction of sp³-hybridized carbons (Fsp3) is 0.375. The van der Waals surface area contributed by atoms with Crippen LogP contribution in [0.5, 0.6) is 17.2 Å². The number of carbonyl (C=O) groups excluding carboxylic acids is 2. The number of nitrogens with zero attached hydrogens (tertiary/aromatic N) is 1. The Kier molecular flexibility index (Phi) is 12.7. The van der Waals surface area contributed by atoms with E-state index in [4.69, 9.17) is 14.2 Å². The highest BCUT2D eigenvalue weighted by Gasteiger charge is 2.25. The zero-order chi connectivity index (χ0) is 28.6. The third-order valence-electron chi connectivity index (χ3n) is 5.95. The average molecular weight is 548 g/mol. The first-order valence-corrected chi connectivity index (χ1v) is 14.1. The average Bonchev–Trinajstić information content (AvgIpc) is 2.94. The van der Waals surface area contributed by atoms with E-state index >= 15 is 0 Å². The number of rotatable bonds is 15. The van der Waals surface area contributed by atoms with E-state index in [1.165, 1.54) is 0 Å². The van der Waals surface area contributed by atoms with Crippen molar-refractivity contribution < 1.29 is 23.8 Å². The summed E-state index contributed by atoms with van der Waals surface area (Å²) in [5, 5.41) is 5.67. The molecule has 0 unspecified atom stereocenters. The smallest absolute Gasteiger partial charge is 0.334 e. The Balaban J connectivity index is 1.83. The molecule has 2 N–H and O–H groups in total. The zero-order valence-corrected chi connectivity index (χ0v) is 23.8. The van der Waals surface area contributed by atoms with E-state index in [2.05, 4.69) is 31.4 Å². The second-order valence-corrected chi connectivity index (χ2v) is 9.35. The molecule has 8 heteroatoms. The summed E-state index contributed by atoms with van der Waals surface area (Å²) in [6.45, 7) is 8.01. The summed E-state index contributed by atoms with van der Waals surface area (Å²) >= 11 is 0. The second kappa shape index (κ2) is 16.7. The lowest BCUT2D eigenvalue weighted by Gasteiger charge is -2.23. The van der Waals surface area contributed by atoms with Crippen molar-refractivity contribution >= 4 is 29.1 Å². The van der Waals surface area contributed by atoms with Crippen molar-refractivity contribution in [3.63, 3.8) is 0 Å². The van der Waals surface area contributed by atoms with E-state index < -0.39 is 12.1 Å². The van der Waals surface area contributed by atoms with Gasteiger partial charge >= 0.3 is 12.1 Å². The van der Waals surface area contributed by atoms with Crippen LogP contribution < -0.4 is 29.7 Å². The van der Waals surface area contributed by atoms with Crippen molar-refractivity contribution in [3.05, 3.63) is 72.8 Å². The molecule has 0 saturated heterocycles. The molecule has 3 aromatic rings. The SMILES string of the molecule is CCCCOc1cccc(NC(=O)N(C(=O)Nc2cccc(OCCCC)c2)c2cccc(OCCCC)c2)c1. The Bertz CT molecular complexity index is 1150. The van der Waals surface area contributed by atoms with Crippen LogP contribution in [0.25, 0.3) is 0 Å². The van der Waals surface area contributed by atoms with Crippen LogP contribution in [0.15, 0.2) is 72.8 Å². The monoisotopic (exact) mass is 547 g/mol. The summed E-state index contributed by atoms with van der Waals surface area (Å²) in [4.78, 5) is 28.2. The summed E-state index contributed by atoms with van der Waals surface area (Å²) in [6.07, 6.45) is 5.82. The molecule has 0 aromatic heterocycles. The van der Waals surface area contributed by atoms with Gasteiger partial charge in [-0.15, -0.1) is 0 Å². The Hall–Kier alpha value is -4.20. The lowest BCUT2D eigenvalue weighted by atomic mass is 10.2. The summed E-state index contributed by atoms with van der Waals surface area (Å²) in [5.41, 5.74) is 1.40. The Morgan fingerprint density at radius 3 is 1.43 bits per heavy atom. The Morgan fingerprint density at radius 2 is 1.00 bits per heavy atom. The van der Waals surface area contributed by atoms with Gasteiger partial charge in [-0.25, -0.2) is 14.5 Å². The molecule has 3 aromatic carbocycles. The van der Waals surface area contributed by atoms with Gasteiger partial charge in [-0.3, -0.25) is 0 Å². The molecule has 0 saturated carbocycles.